The number of likely N-dealkylation sites (N-methyl/N-ethyl adjacent to an activating group) is 1. The lowest BCUT2D eigenvalue weighted by atomic mass is 10.1. The number of aliphatic hydroxyl groups is 5. The highest BCUT2D eigenvalue weighted by Gasteiger charge is 2.33. The molecule has 0 saturated carbocycles. The summed E-state index contributed by atoms with van der Waals surface area (Å²) in [7, 11) is 5.33. The lowest BCUT2D eigenvalue weighted by Crippen LogP contribution is -2.48. The number of ketones is 1. The van der Waals surface area contributed by atoms with Crippen molar-refractivity contribution in [1.29, 1.82) is 0 Å². The SMILES string of the molecule is CC(=O)NC(CCCN1C(=O)C=CC1=O)CN1CCC(=O)C=CC1=O.CN1C(=O)C=CC1=O.COC(=O)NCCCCC(NC(=O)OC)C(=O)NCCNC(=O)CCN1C(=O)C=CC1=O.COCCC(=O)ON1C(=O)CCC1=O.OCOCC(COCC(COCC(COCO)OCO)OCO)OCO. The molecule has 0 aliphatic carbocycles. The Morgan fingerprint density at radius 2 is 0.971 bits per heavy atom. The van der Waals surface area contributed by atoms with E-state index in [0.29, 0.717) is 50.3 Å². The Balaban J connectivity index is 0.000000691. The predicted octanol–water partition coefficient (Wildman–Crippen LogP) is -5.53. The number of methoxy groups -OCH3 is 3. The Morgan fingerprint density at radius 1 is 0.495 bits per heavy atom. The minimum atomic E-state index is -0.851. The van der Waals surface area contributed by atoms with Crippen LogP contribution in [0.1, 0.15) is 71.1 Å². The molecule has 14 amide bonds. The van der Waals surface area contributed by atoms with Crippen LogP contribution >= 0.6 is 0 Å². The van der Waals surface area contributed by atoms with Gasteiger partial charge in [-0.15, -0.1) is 5.06 Å². The average Bonchev–Trinajstić information content (AvgIpc) is 1.03. The molecule has 0 spiro atoms. The van der Waals surface area contributed by atoms with Crippen LogP contribution in [0.25, 0.3) is 0 Å². The monoisotopic (exact) mass is 1500 g/mol. The number of alkyl carbamates (subject to hydrolysis) is 2. The topological polar surface area (TPSA) is 552 Å². The van der Waals surface area contributed by atoms with E-state index in [4.69, 9.17) is 58.7 Å². The molecule has 105 heavy (non-hydrogen) atoms. The number of nitrogens with one attached hydrogen (secondary N) is 5. The summed E-state index contributed by atoms with van der Waals surface area (Å²) in [4.78, 5) is 190. The van der Waals surface area contributed by atoms with Crippen molar-refractivity contribution in [3.05, 3.63) is 48.6 Å². The molecule has 5 aliphatic rings. The number of allylic oxidation sites excluding steroid dienone is 1. The summed E-state index contributed by atoms with van der Waals surface area (Å²) in [6.45, 7) is 0.745. The van der Waals surface area contributed by atoms with E-state index in [1.807, 2.05) is 0 Å². The first-order valence-electron chi connectivity index (χ1n) is 32.5. The molecular formula is C63H96N10O32. The van der Waals surface area contributed by atoms with E-state index in [9.17, 15) is 76.7 Å². The zero-order valence-electron chi connectivity index (χ0n) is 59.0. The van der Waals surface area contributed by atoms with Gasteiger partial charge in [-0.3, -0.25) is 77.0 Å². The van der Waals surface area contributed by atoms with Crippen molar-refractivity contribution in [2.24, 2.45) is 0 Å². The number of rotatable bonds is 44. The molecule has 0 bridgehead atoms. The number of unbranched alkanes of at least 4 members (excludes halogenated alkanes) is 1. The summed E-state index contributed by atoms with van der Waals surface area (Å²) in [5.41, 5.74) is 0. The van der Waals surface area contributed by atoms with Gasteiger partial charge in [-0.2, -0.15) is 0 Å². The third-order valence-corrected chi connectivity index (χ3v) is 14.1. The Morgan fingerprint density at radius 3 is 1.43 bits per heavy atom. The molecule has 5 rings (SSSR count). The van der Waals surface area contributed by atoms with Gasteiger partial charge in [0.2, 0.25) is 23.6 Å². The molecule has 4 unspecified atom stereocenters. The number of aliphatic hydroxyl groups excluding tert-OH is 5. The maximum atomic E-state index is 12.4. The van der Waals surface area contributed by atoms with Crippen LogP contribution in [0.2, 0.25) is 0 Å². The largest absolute Gasteiger partial charge is 0.453 e. The second kappa shape index (κ2) is 56.0. The smallest absolute Gasteiger partial charge is 0.407 e. The first-order chi connectivity index (χ1) is 50.2. The summed E-state index contributed by atoms with van der Waals surface area (Å²) in [6.07, 6.45) is 9.53. The summed E-state index contributed by atoms with van der Waals surface area (Å²) in [5, 5.41) is 57.1. The van der Waals surface area contributed by atoms with Crippen molar-refractivity contribution in [3.8, 4) is 0 Å². The van der Waals surface area contributed by atoms with Gasteiger partial charge in [-0.05, 0) is 38.2 Å². The number of imide groups is 4. The maximum absolute atomic E-state index is 12.4. The first-order valence-corrected chi connectivity index (χ1v) is 32.5. The molecule has 5 aliphatic heterocycles. The standard InChI is InChI=1S/C19H29N5O8.C17H21N3O5.C14H30O12.C8H11NO5.C5H5NO2/c1-31-18(29)22-9-4-3-5-13(23-19(30)32-2)17(28)21-11-10-20-14(25)8-12-24-15(26)6-7-16(24)27;1-12(21)18-13(3-2-9-20-16(24)6-7-17(20)25)11-19-10-8-14(22)4-5-15(19)23;15-7-22-5-13(25-10-18)3-20-1-12(24-9-17)2-21-4-14(26-11-19)6-23-8-16;1-13-5-4-8(12)14-9-6(10)2-3-7(9)11;1-6-4(7)2-3-5(6)8/h6-7,13H,3-5,8-12H2,1-2H3,(H,20,25)(H,21,28)(H,22,29)(H,23,30);4-7,13H,2-3,8-11H2,1H3,(H,18,21);12-19H,1-11H2;2-5H2,1H3;2-3H,1H3. The predicted molar refractivity (Wildman–Crippen MR) is 352 cm³/mol. The van der Waals surface area contributed by atoms with Crippen molar-refractivity contribution in [1.82, 2.24) is 51.2 Å². The highest BCUT2D eigenvalue weighted by Crippen LogP contribution is 2.14. The fourth-order valence-electron chi connectivity index (χ4n) is 8.71. The fraction of sp³-hybridized carbons (Fsp3) is 0.619. The maximum Gasteiger partial charge on any atom is 0.407 e. The summed E-state index contributed by atoms with van der Waals surface area (Å²) >= 11 is 0. The third kappa shape index (κ3) is 41.6. The Hall–Kier alpha value is -9.44. The Labute approximate surface area is 603 Å². The van der Waals surface area contributed by atoms with Gasteiger partial charge >= 0.3 is 18.2 Å². The van der Waals surface area contributed by atoms with Crippen LogP contribution in [0.5, 0.6) is 0 Å². The molecule has 0 aromatic rings. The van der Waals surface area contributed by atoms with Crippen LogP contribution in [0.4, 0.5) is 9.59 Å². The average molecular weight is 1510 g/mol. The van der Waals surface area contributed by atoms with Crippen molar-refractivity contribution < 1.29 is 154 Å². The van der Waals surface area contributed by atoms with E-state index in [0.717, 1.165) is 26.9 Å². The van der Waals surface area contributed by atoms with Crippen LogP contribution in [-0.4, -0.2) is 330 Å². The number of amides is 14. The molecule has 1 fully saturated rings. The van der Waals surface area contributed by atoms with E-state index in [-0.39, 0.29) is 164 Å². The van der Waals surface area contributed by atoms with Gasteiger partial charge in [0.15, 0.2) is 5.78 Å². The summed E-state index contributed by atoms with van der Waals surface area (Å²) < 4.78 is 48.9. The van der Waals surface area contributed by atoms with Crippen molar-refractivity contribution in [3.63, 3.8) is 0 Å². The van der Waals surface area contributed by atoms with Crippen molar-refractivity contribution in [2.75, 3.05) is 154 Å². The zero-order chi connectivity index (χ0) is 78.5. The van der Waals surface area contributed by atoms with E-state index in [1.165, 1.54) is 76.7 Å². The molecule has 10 N–H and O–H groups in total. The summed E-state index contributed by atoms with van der Waals surface area (Å²) in [6, 6.07) is -1.17. The number of carbonyl (C=O) groups excluding carboxylic acids is 16. The van der Waals surface area contributed by atoms with Gasteiger partial charge in [0.25, 0.3) is 47.3 Å². The van der Waals surface area contributed by atoms with E-state index < -0.39 is 106 Å². The molecule has 4 atom stereocenters. The quantitative estimate of drug-likeness (QED) is 0.0155. The number of ether oxygens (including phenoxy) is 10. The molecular weight excluding hydrogens is 1410 g/mol. The van der Waals surface area contributed by atoms with E-state index >= 15 is 0 Å². The van der Waals surface area contributed by atoms with Gasteiger partial charge in [0.05, 0.1) is 66.9 Å². The fourth-order valence-corrected chi connectivity index (χ4v) is 8.71. The van der Waals surface area contributed by atoms with E-state index in [2.05, 4.69) is 45.6 Å². The lowest BCUT2D eigenvalue weighted by Gasteiger charge is -2.27. The molecule has 0 aromatic heterocycles. The van der Waals surface area contributed by atoms with Crippen LogP contribution in [0.15, 0.2) is 48.6 Å². The molecule has 590 valence electrons. The number of nitrogens with zero attached hydrogens (tertiary/aromatic N) is 5. The second-order valence-corrected chi connectivity index (χ2v) is 21.9. The molecule has 42 heteroatoms. The Bertz CT molecular complexity index is 2860. The van der Waals surface area contributed by atoms with Crippen LogP contribution in [-0.2, 0) is 119 Å². The lowest BCUT2D eigenvalue weighted by molar-refractivity contribution is -0.198. The highest BCUT2D eigenvalue weighted by molar-refractivity contribution is 6.14. The van der Waals surface area contributed by atoms with Gasteiger partial charge in [-0.1, -0.05) is 0 Å². The molecule has 0 aromatic carbocycles. The van der Waals surface area contributed by atoms with Gasteiger partial charge in [0, 0.05) is 141 Å². The number of hydrogen-bond acceptors (Lipinski definition) is 32. The van der Waals surface area contributed by atoms with Crippen LogP contribution in [0.3, 0.4) is 0 Å². The second-order valence-electron chi connectivity index (χ2n) is 21.9. The molecule has 5 heterocycles. The van der Waals surface area contributed by atoms with Gasteiger partial charge < -0.3 is 109 Å². The van der Waals surface area contributed by atoms with Crippen LogP contribution in [0, 0.1) is 0 Å². The van der Waals surface area contributed by atoms with Gasteiger partial charge in [-0.25, -0.2) is 14.4 Å². The number of hydrogen-bond donors (Lipinski definition) is 10. The molecule has 42 nitrogen and oxygen atoms in total. The number of hydroxylamine groups is 2. The first kappa shape index (κ1) is 93.6. The molecule has 1 saturated heterocycles. The minimum absolute atomic E-state index is 0.0214. The number of carbonyl (C=O) groups is 16. The van der Waals surface area contributed by atoms with Gasteiger partial charge in [0.1, 0.15) is 58.3 Å². The third-order valence-electron chi connectivity index (χ3n) is 14.1. The summed E-state index contributed by atoms with van der Waals surface area (Å²) in [5.74, 6) is -5.10. The normalized spacial score (nSPS) is 15.8. The van der Waals surface area contributed by atoms with Crippen molar-refractivity contribution >= 4 is 94.8 Å². The molecule has 0 radical (unpaired) electrons. The Kier molecular flexibility index (Phi) is 49.9. The highest BCUT2D eigenvalue weighted by atomic mass is 16.7. The van der Waals surface area contributed by atoms with Crippen molar-refractivity contribution in [2.45, 2.75) is 102 Å². The van der Waals surface area contributed by atoms with E-state index in [1.54, 1.807) is 0 Å². The van der Waals surface area contributed by atoms with Crippen LogP contribution < -0.4 is 26.6 Å². The zero-order valence-corrected chi connectivity index (χ0v) is 59.0. The minimum Gasteiger partial charge on any atom is -0.453 e.